The summed E-state index contributed by atoms with van der Waals surface area (Å²) in [5, 5.41) is 2.27. The van der Waals surface area contributed by atoms with Gasteiger partial charge in [-0.2, -0.15) is 26.3 Å². The number of amides is 1. The number of thioether (sulfide) groups is 1. The van der Waals surface area contributed by atoms with Crippen molar-refractivity contribution in [3.05, 3.63) is 53.3 Å². The lowest BCUT2D eigenvalue weighted by Gasteiger charge is -2.11. The molecule has 12 heteroatoms. The molecule has 0 aliphatic rings. The molecule has 30 heavy (non-hydrogen) atoms. The number of nitrogens with zero attached hydrogens (tertiary/aromatic N) is 2. The van der Waals surface area contributed by atoms with Crippen molar-refractivity contribution in [1.29, 1.82) is 0 Å². The lowest BCUT2D eigenvalue weighted by molar-refractivity contribution is -0.138. The van der Waals surface area contributed by atoms with Crippen molar-refractivity contribution in [1.82, 2.24) is 9.55 Å². The molecule has 1 N–H and O–H groups in total. The van der Waals surface area contributed by atoms with Crippen LogP contribution in [0.3, 0.4) is 0 Å². The fraction of sp³-hybridized carbons (Fsp3) is 0.222. The molecule has 1 amide bonds. The zero-order chi connectivity index (χ0) is 22.3. The van der Waals surface area contributed by atoms with E-state index in [-0.39, 0.29) is 16.4 Å². The number of benzene rings is 2. The molecule has 1 aromatic heterocycles. The Morgan fingerprint density at radius 1 is 1.03 bits per heavy atom. The second-order valence-corrected chi connectivity index (χ2v) is 7.13. The molecule has 3 aromatic rings. The van der Waals surface area contributed by atoms with Crippen LogP contribution in [-0.2, 0) is 24.2 Å². The maximum absolute atomic E-state index is 13.7. The summed E-state index contributed by atoms with van der Waals surface area (Å²) < 4.78 is 91.9. The highest BCUT2D eigenvalue weighted by Gasteiger charge is 2.32. The number of hydrogen-bond acceptors (Lipinski definition) is 3. The fourth-order valence-corrected chi connectivity index (χ4v) is 3.38. The summed E-state index contributed by atoms with van der Waals surface area (Å²) in [6.07, 6.45) is -9.24. The minimum atomic E-state index is -4.70. The van der Waals surface area contributed by atoms with Gasteiger partial charge >= 0.3 is 12.4 Å². The number of nitrogens with one attached hydrogen (secondary N) is 1. The van der Waals surface area contributed by atoms with Crippen molar-refractivity contribution >= 4 is 34.4 Å². The van der Waals surface area contributed by atoms with E-state index in [4.69, 9.17) is 0 Å². The molecular weight excluding hydrogens is 439 g/mol. The number of aryl methyl sites for hydroxylation is 1. The lowest BCUT2D eigenvalue weighted by Crippen LogP contribution is -2.16. The number of carbonyl (C=O) groups is 1. The van der Waals surface area contributed by atoms with Crippen molar-refractivity contribution in [2.24, 2.45) is 7.05 Å². The van der Waals surface area contributed by atoms with Gasteiger partial charge in [-0.1, -0.05) is 11.8 Å². The van der Waals surface area contributed by atoms with Gasteiger partial charge in [0.1, 0.15) is 5.82 Å². The number of alkyl halides is 6. The highest BCUT2D eigenvalue weighted by molar-refractivity contribution is 7.99. The van der Waals surface area contributed by atoms with Crippen molar-refractivity contribution in [3.8, 4) is 0 Å². The summed E-state index contributed by atoms with van der Waals surface area (Å²) in [7, 11) is 1.54. The van der Waals surface area contributed by atoms with Crippen LogP contribution in [-0.4, -0.2) is 21.2 Å². The highest BCUT2D eigenvalue weighted by atomic mass is 32.2. The van der Waals surface area contributed by atoms with Crippen LogP contribution in [0.5, 0.6) is 0 Å². The van der Waals surface area contributed by atoms with E-state index in [1.54, 1.807) is 0 Å². The predicted molar refractivity (Wildman–Crippen MR) is 96.5 cm³/mol. The molecule has 0 radical (unpaired) electrons. The maximum atomic E-state index is 13.7. The van der Waals surface area contributed by atoms with Gasteiger partial charge in [0.2, 0.25) is 5.91 Å². The third-order valence-corrected chi connectivity index (χ3v) is 5.10. The average molecular weight is 451 g/mol. The van der Waals surface area contributed by atoms with Gasteiger partial charge in [0, 0.05) is 7.05 Å². The Kier molecular flexibility index (Phi) is 5.72. The molecule has 0 saturated carbocycles. The van der Waals surface area contributed by atoms with Crippen molar-refractivity contribution < 1.29 is 35.5 Å². The van der Waals surface area contributed by atoms with Crippen molar-refractivity contribution in [3.63, 3.8) is 0 Å². The molecule has 2 aromatic carbocycles. The van der Waals surface area contributed by atoms with Gasteiger partial charge in [0.15, 0.2) is 5.16 Å². The number of halogens is 7. The van der Waals surface area contributed by atoms with Crippen LogP contribution in [0.1, 0.15) is 11.1 Å². The molecule has 0 aliphatic heterocycles. The Bertz CT molecular complexity index is 1110. The van der Waals surface area contributed by atoms with Crippen molar-refractivity contribution in [2.75, 3.05) is 11.1 Å². The van der Waals surface area contributed by atoms with E-state index in [0.717, 1.165) is 23.9 Å². The van der Waals surface area contributed by atoms with Gasteiger partial charge in [0.05, 0.1) is 33.6 Å². The lowest BCUT2D eigenvalue weighted by atomic mass is 10.2. The van der Waals surface area contributed by atoms with Gasteiger partial charge in [-0.05, 0) is 36.4 Å². The van der Waals surface area contributed by atoms with Gasteiger partial charge in [-0.15, -0.1) is 0 Å². The first-order valence-electron chi connectivity index (χ1n) is 8.19. The molecule has 4 nitrogen and oxygen atoms in total. The second kappa shape index (κ2) is 7.82. The van der Waals surface area contributed by atoms with Gasteiger partial charge < -0.3 is 9.88 Å². The Morgan fingerprint density at radius 3 is 2.27 bits per heavy atom. The first-order valence-corrected chi connectivity index (χ1v) is 9.18. The summed E-state index contributed by atoms with van der Waals surface area (Å²) in [5.74, 6) is -2.19. The van der Waals surface area contributed by atoms with Crippen LogP contribution >= 0.6 is 11.8 Å². The summed E-state index contributed by atoms with van der Waals surface area (Å²) in [6, 6.07) is 4.64. The second-order valence-electron chi connectivity index (χ2n) is 6.18. The Balaban J connectivity index is 1.74. The van der Waals surface area contributed by atoms with E-state index in [0.29, 0.717) is 23.7 Å². The van der Waals surface area contributed by atoms with Crippen molar-refractivity contribution in [2.45, 2.75) is 17.5 Å². The van der Waals surface area contributed by atoms with E-state index in [1.165, 1.54) is 17.7 Å². The maximum Gasteiger partial charge on any atom is 0.416 e. The first kappa shape index (κ1) is 21.9. The van der Waals surface area contributed by atoms with Gasteiger partial charge in [0.25, 0.3) is 0 Å². The normalized spacial score (nSPS) is 12.4. The zero-order valence-corrected chi connectivity index (χ0v) is 15.8. The number of rotatable bonds is 4. The molecule has 0 fully saturated rings. The molecule has 0 aliphatic carbocycles. The van der Waals surface area contributed by atoms with E-state index in [2.05, 4.69) is 10.3 Å². The Hall–Kier alpha value is -2.76. The molecule has 0 atom stereocenters. The van der Waals surface area contributed by atoms with Crippen LogP contribution < -0.4 is 5.32 Å². The third kappa shape index (κ3) is 4.69. The molecule has 0 spiro atoms. The Morgan fingerprint density at radius 2 is 1.63 bits per heavy atom. The van der Waals surface area contributed by atoms with Crippen LogP contribution in [0.4, 0.5) is 36.4 Å². The molecular formula is C18H12F7N3OS. The van der Waals surface area contributed by atoms with Crippen LogP contribution in [0.2, 0.25) is 0 Å². The van der Waals surface area contributed by atoms with E-state index in [9.17, 15) is 35.5 Å². The van der Waals surface area contributed by atoms with E-state index < -0.39 is 40.9 Å². The minimum Gasteiger partial charge on any atom is -0.323 e. The number of imidazole rings is 1. The monoisotopic (exact) mass is 451 g/mol. The van der Waals surface area contributed by atoms with Gasteiger partial charge in [-0.3, -0.25) is 4.79 Å². The first-order chi connectivity index (χ1) is 13.9. The fourth-order valence-electron chi connectivity index (χ4n) is 2.60. The molecule has 0 saturated heterocycles. The van der Waals surface area contributed by atoms with Crippen LogP contribution in [0, 0.1) is 5.82 Å². The standard InChI is InChI=1S/C18H12F7N3OS/c1-28-14-5-3-10(18(23,24)25)7-13(14)27-16(28)30-8-15(29)26-12-6-9(17(20,21)22)2-4-11(12)19/h2-7H,8H2,1H3,(H,26,29). The summed E-state index contributed by atoms with van der Waals surface area (Å²) >= 11 is 0.843. The molecule has 0 unspecified atom stereocenters. The van der Waals surface area contributed by atoms with Gasteiger partial charge in [-0.25, -0.2) is 9.37 Å². The predicted octanol–water partition coefficient (Wildman–Crippen LogP) is 5.48. The Labute approximate surface area is 169 Å². The summed E-state index contributed by atoms with van der Waals surface area (Å²) in [5.41, 5.74) is -2.16. The molecule has 3 rings (SSSR count). The average Bonchev–Trinajstić information content (AvgIpc) is 2.95. The molecule has 160 valence electrons. The topological polar surface area (TPSA) is 46.9 Å². The van der Waals surface area contributed by atoms with Crippen LogP contribution in [0.25, 0.3) is 11.0 Å². The number of carbonyl (C=O) groups excluding carboxylic acids is 1. The quantitative estimate of drug-likeness (QED) is 0.422. The van der Waals surface area contributed by atoms with E-state index in [1.807, 2.05) is 0 Å². The molecule has 1 heterocycles. The SMILES string of the molecule is Cn1c(SCC(=O)Nc2cc(C(F)(F)F)ccc2F)nc2cc(C(F)(F)F)ccc21. The number of hydrogen-bond donors (Lipinski definition) is 1. The summed E-state index contributed by atoms with van der Waals surface area (Å²) in [6.45, 7) is 0. The third-order valence-electron chi connectivity index (χ3n) is 4.07. The zero-order valence-electron chi connectivity index (χ0n) is 15.0. The smallest absolute Gasteiger partial charge is 0.323 e. The number of aromatic nitrogens is 2. The highest BCUT2D eigenvalue weighted by Crippen LogP contribution is 2.33. The number of fused-ring (bicyclic) bond motifs is 1. The molecule has 0 bridgehead atoms. The van der Waals surface area contributed by atoms with Crippen LogP contribution in [0.15, 0.2) is 41.6 Å². The number of anilines is 1. The minimum absolute atomic E-state index is 0.0687. The summed E-state index contributed by atoms with van der Waals surface area (Å²) in [4.78, 5) is 16.1. The van der Waals surface area contributed by atoms with E-state index >= 15 is 0 Å². The largest absolute Gasteiger partial charge is 0.416 e.